The van der Waals surface area contributed by atoms with Crippen LogP contribution in [0.5, 0.6) is 0 Å². The summed E-state index contributed by atoms with van der Waals surface area (Å²) in [5.41, 5.74) is 4.06. The summed E-state index contributed by atoms with van der Waals surface area (Å²) in [5.74, 6) is 0.462. The Balaban J connectivity index is 2.01. The molecular formula is C17H18BrIN2. The molecule has 1 aliphatic carbocycles. The standard InChI is InChI=1S/C17H18BrIN2/c1-2-20-17(14-10-12(18)6-8-15(14)19)13-7-5-11-4-3-9-21-16(11)13/h3-4,6,8-10,13,17,20H,2,5,7H2,1H3. The normalized spacial score (nSPS) is 18.5. The Hall–Kier alpha value is -0.460. The van der Waals surface area contributed by atoms with Gasteiger partial charge in [-0.15, -0.1) is 0 Å². The van der Waals surface area contributed by atoms with Crippen LogP contribution in [0.3, 0.4) is 0 Å². The molecule has 3 rings (SSSR count). The summed E-state index contributed by atoms with van der Waals surface area (Å²) in [7, 11) is 0. The van der Waals surface area contributed by atoms with Crippen molar-refractivity contribution in [3.8, 4) is 0 Å². The van der Waals surface area contributed by atoms with Gasteiger partial charge in [-0.2, -0.15) is 0 Å². The quantitative estimate of drug-likeness (QED) is 0.666. The molecule has 1 aliphatic rings. The van der Waals surface area contributed by atoms with Gasteiger partial charge in [0.25, 0.3) is 0 Å². The van der Waals surface area contributed by atoms with Gasteiger partial charge in [0.05, 0.1) is 0 Å². The number of aryl methyl sites for hydroxylation is 1. The third-order valence-corrected chi connectivity index (χ3v) is 5.60. The Morgan fingerprint density at radius 2 is 2.29 bits per heavy atom. The second-order valence-corrected chi connectivity index (χ2v) is 7.47. The topological polar surface area (TPSA) is 24.9 Å². The first-order valence-electron chi connectivity index (χ1n) is 7.32. The maximum atomic E-state index is 4.67. The molecule has 1 heterocycles. The second-order valence-electron chi connectivity index (χ2n) is 5.39. The Kier molecular flexibility index (Phi) is 4.96. The zero-order valence-corrected chi connectivity index (χ0v) is 15.7. The van der Waals surface area contributed by atoms with Gasteiger partial charge in [0.1, 0.15) is 0 Å². The van der Waals surface area contributed by atoms with E-state index in [1.165, 1.54) is 26.8 Å². The molecule has 0 spiro atoms. The second kappa shape index (κ2) is 6.75. The third-order valence-electron chi connectivity index (χ3n) is 4.12. The molecule has 1 N–H and O–H groups in total. The van der Waals surface area contributed by atoms with Gasteiger partial charge < -0.3 is 5.32 Å². The SMILES string of the molecule is CCNC(c1cc(Br)ccc1I)C1CCc2cccnc21. The molecule has 21 heavy (non-hydrogen) atoms. The van der Waals surface area contributed by atoms with Crippen LogP contribution in [0.25, 0.3) is 0 Å². The van der Waals surface area contributed by atoms with Gasteiger partial charge in [0.15, 0.2) is 0 Å². The average molecular weight is 457 g/mol. The van der Waals surface area contributed by atoms with Crippen LogP contribution < -0.4 is 5.32 Å². The maximum Gasteiger partial charge on any atom is 0.0485 e. The summed E-state index contributed by atoms with van der Waals surface area (Å²) in [6, 6.07) is 11.1. The zero-order chi connectivity index (χ0) is 14.8. The number of fused-ring (bicyclic) bond motifs is 1. The largest absolute Gasteiger partial charge is 0.310 e. The number of rotatable bonds is 4. The van der Waals surface area contributed by atoms with Gasteiger partial charge in [0.2, 0.25) is 0 Å². The van der Waals surface area contributed by atoms with Crippen molar-refractivity contribution < 1.29 is 0 Å². The summed E-state index contributed by atoms with van der Waals surface area (Å²) in [6.45, 7) is 3.14. The van der Waals surface area contributed by atoms with E-state index in [1.54, 1.807) is 0 Å². The van der Waals surface area contributed by atoms with Crippen molar-refractivity contribution in [3.05, 3.63) is 61.4 Å². The molecule has 0 saturated carbocycles. The summed E-state index contributed by atoms with van der Waals surface area (Å²) < 4.78 is 2.45. The van der Waals surface area contributed by atoms with Crippen molar-refractivity contribution in [2.24, 2.45) is 0 Å². The van der Waals surface area contributed by atoms with E-state index in [1.807, 2.05) is 12.3 Å². The van der Waals surface area contributed by atoms with Crippen LogP contribution in [0.1, 0.15) is 42.1 Å². The Morgan fingerprint density at radius 3 is 3.10 bits per heavy atom. The molecule has 4 heteroatoms. The molecule has 0 aliphatic heterocycles. The van der Waals surface area contributed by atoms with Crippen molar-refractivity contribution in [3.63, 3.8) is 0 Å². The number of nitrogens with one attached hydrogen (secondary N) is 1. The predicted octanol–water partition coefficient (Wildman–Crippen LogP) is 4.83. The van der Waals surface area contributed by atoms with E-state index < -0.39 is 0 Å². The molecule has 0 fully saturated rings. The minimum atomic E-state index is 0.329. The van der Waals surface area contributed by atoms with Crippen LogP contribution in [0.2, 0.25) is 0 Å². The number of hydrogen-bond donors (Lipinski definition) is 1. The number of likely N-dealkylation sites (N-methyl/N-ethyl adjacent to an activating group) is 1. The first-order chi connectivity index (χ1) is 10.2. The van der Waals surface area contributed by atoms with Gasteiger partial charge in [-0.05, 0) is 77.4 Å². The first-order valence-corrected chi connectivity index (χ1v) is 9.20. The summed E-state index contributed by atoms with van der Waals surface area (Å²) in [6.07, 6.45) is 4.24. The van der Waals surface area contributed by atoms with E-state index >= 15 is 0 Å². The predicted molar refractivity (Wildman–Crippen MR) is 98.6 cm³/mol. The molecule has 1 aromatic heterocycles. The third kappa shape index (κ3) is 3.17. The van der Waals surface area contributed by atoms with Crippen molar-refractivity contribution in [1.82, 2.24) is 10.3 Å². The Bertz CT molecular complexity index is 644. The highest BCUT2D eigenvalue weighted by Crippen LogP contribution is 2.42. The molecule has 0 amide bonds. The molecule has 0 bridgehead atoms. The number of aromatic nitrogens is 1. The maximum absolute atomic E-state index is 4.67. The fourth-order valence-corrected chi connectivity index (χ4v) is 4.26. The minimum absolute atomic E-state index is 0.329. The van der Waals surface area contributed by atoms with Crippen LogP contribution >= 0.6 is 38.5 Å². The molecule has 2 nitrogen and oxygen atoms in total. The molecule has 2 unspecified atom stereocenters. The van der Waals surface area contributed by atoms with Gasteiger partial charge in [-0.1, -0.05) is 28.9 Å². The lowest BCUT2D eigenvalue weighted by Gasteiger charge is -2.26. The van der Waals surface area contributed by atoms with Crippen molar-refractivity contribution >= 4 is 38.5 Å². The molecule has 110 valence electrons. The number of benzene rings is 1. The van der Waals surface area contributed by atoms with Crippen molar-refractivity contribution in [2.45, 2.75) is 31.7 Å². The van der Waals surface area contributed by atoms with Gasteiger partial charge >= 0.3 is 0 Å². The Labute approximate surface area is 148 Å². The molecular weight excluding hydrogens is 439 g/mol. The van der Waals surface area contributed by atoms with E-state index in [-0.39, 0.29) is 0 Å². The molecule has 2 aromatic rings. The highest BCUT2D eigenvalue weighted by Gasteiger charge is 2.32. The van der Waals surface area contributed by atoms with Gasteiger partial charge in [-0.25, -0.2) is 0 Å². The Morgan fingerprint density at radius 1 is 1.43 bits per heavy atom. The van der Waals surface area contributed by atoms with Crippen molar-refractivity contribution in [1.29, 1.82) is 0 Å². The summed E-state index contributed by atoms with van der Waals surface area (Å²) in [4.78, 5) is 4.67. The highest BCUT2D eigenvalue weighted by molar-refractivity contribution is 14.1. The van der Waals surface area contributed by atoms with Gasteiger partial charge in [-0.3, -0.25) is 4.98 Å². The minimum Gasteiger partial charge on any atom is -0.310 e. The molecule has 0 radical (unpaired) electrons. The van der Waals surface area contributed by atoms with Crippen LogP contribution in [0.4, 0.5) is 0 Å². The van der Waals surface area contributed by atoms with E-state index in [2.05, 4.69) is 80.0 Å². The number of hydrogen-bond acceptors (Lipinski definition) is 2. The molecule has 0 saturated heterocycles. The van der Waals surface area contributed by atoms with E-state index in [9.17, 15) is 0 Å². The van der Waals surface area contributed by atoms with E-state index in [0.717, 1.165) is 17.4 Å². The first kappa shape index (κ1) is 15.4. The fourth-order valence-electron chi connectivity index (χ4n) is 3.21. The number of halogens is 2. The summed E-state index contributed by atoms with van der Waals surface area (Å²) in [5, 5.41) is 3.68. The smallest absolute Gasteiger partial charge is 0.0485 e. The van der Waals surface area contributed by atoms with Crippen molar-refractivity contribution in [2.75, 3.05) is 6.54 Å². The number of pyridine rings is 1. The zero-order valence-electron chi connectivity index (χ0n) is 11.9. The lowest BCUT2D eigenvalue weighted by Crippen LogP contribution is -2.27. The fraction of sp³-hybridized carbons (Fsp3) is 0.353. The van der Waals surface area contributed by atoms with E-state index in [4.69, 9.17) is 0 Å². The lowest BCUT2D eigenvalue weighted by atomic mass is 9.90. The number of nitrogens with zero attached hydrogens (tertiary/aromatic N) is 1. The molecule has 1 aromatic carbocycles. The molecule has 2 atom stereocenters. The van der Waals surface area contributed by atoms with Crippen LogP contribution in [-0.2, 0) is 6.42 Å². The lowest BCUT2D eigenvalue weighted by molar-refractivity contribution is 0.445. The van der Waals surface area contributed by atoms with Gasteiger partial charge in [0, 0.05) is 31.9 Å². The average Bonchev–Trinajstić information content (AvgIpc) is 2.91. The summed E-state index contributed by atoms with van der Waals surface area (Å²) >= 11 is 6.05. The highest BCUT2D eigenvalue weighted by atomic mass is 127. The van der Waals surface area contributed by atoms with Crippen LogP contribution in [0.15, 0.2) is 41.0 Å². The van der Waals surface area contributed by atoms with Crippen LogP contribution in [0, 0.1) is 3.57 Å². The monoisotopic (exact) mass is 456 g/mol. The van der Waals surface area contributed by atoms with E-state index in [0.29, 0.717) is 12.0 Å². The van der Waals surface area contributed by atoms with Crippen LogP contribution in [-0.4, -0.2) is 11.5 Å².